The highest BCUT2D eigenvalue weighted by molar-refractivity contribution is 9.10. The van der Waals surface area contributed by atoms with Crippen LogP contribution in [-0.2, 0) is 0 Å². The minimum Gasteiger partial charge on any atom is -0.305 e. The van der Waals surface area contributed by atoms with Crippen LogP contribution in [0.1, 0.15) is 0 Å². The van der Waals surface area contributed by atoms with E-state index in [2.05, 4.69) is 20.9 Å². The summed E-state index contributed by atoms with van der Waals surface area (Å²) in [6.07, 6.45) is 3.71. The van der Waals surface area contributed by atoms with Crippen molar-refractivity contribution < 1.29 is 4.39 Å². The third-order valence-corrected chi connectivity index (χ3v) is 3.03. The lowest BCUT2D eigenvalue weighted by Gasteiger charge is -1.96. The van der Waals surface area contributed by atoms with Gasteiger partial charge in [0.25, 0.3) is 0 Å². The van der Waals surface area contributed by atoms with Gasteiger partial charge in [-0.25, -0.2) is 9.37 Å². The molecule has 0 spiro atoms. The molecule has 0 N–H and O–H groups in total. The highest BCUT2D eigenvalue weighted by Gasteiger charge is 2.08. The smallest absolute Gasteiger partial charge is 0.137 e. The van der Waals surface area contributed by atoms with Gasteiger partial charge in [0.05, 0.1) is 5.69 Å². The number of aromatic nitrogens is 2. The minimum absolute atomic E-state index is 0.255. The van der Waals surface area contributed by atoms with Crippen LogP contribution in [0, 0.1) is 5.82 Å². The number of fused-ring (bicyclic) bond motifs is 1. The molecule has 4 heteroatoms. The molecule has 2 heterocycles. The number of benzene rings is 1. The minimum atomic E-state index is -0.255. The second-order valence-electron chi connectivity index (χ2n) is 3.72. The molecule has 84 valence electrons. The number of halogens is 2. The van der Waals surface area contributed by atoms with E-state index in [4.69, 9.17) is 0 Å². The zero-order chi connectivity index (χ0) is 11.8. The molecule has 0 saturated carbocycles. The van der Waals surface area contributed by atoms with Crippen LogP contribution >= 0.6 is 15.9 Å². The summed E-state index contributed by atoms with van der Waals surface area (Å²) >= 11 is 3.39. The fourth-order valence-corrected chi connectivity index (χ4v) is 2.12. The zero-order valence-corrected chi connectivity index (χ0v) is 10.4. The second kappa shape index (κ2) is 3.96. The normalized spacial score (nSPS) is 10.9. The molecule has 1 aromatic carbocycles. The van der Waals surface area contributed by atoms with Crippen molar-refractivity contribution in [3.8, 4) is 11.3 Å². The van der Waals surface area contributed by atoms with Crippen LogP contribution in [0.5, 0.6) is 0 Å². The van der Waals surface area contributed by atoms with Crippen LogP contribution in [0.4, 0.5) is 4.39 Å². The van der Waals surface area contributed by atoms with E-state index in [9.17, 15) is 4.39 Å². The Kier molecular flexibility index (Phi) is 2.44. The molecule has 3 rings (SSSR count). The van der Waals surface area contributed by atoms with Gasteiger partial charge in [0, 0.05) is 22.4 Å². The van der Waals surface area contributed by atoms with E-state index < -0.39 is 0 Å². The fraction of sp³-hybridized carbons (Fsp3) is 0. The van der Waals surface area contributed by atoms with Crippen LogP contribution in [0.3, 0.4) is 0 Å². The second-order valence-corrected chi connectivity index (χ2v) is 4.63. The van der Waals surface area contributed by atoms with Gasteiger partial charge in [-0.15, -0.1) is 0 Å². The van der Waals surface area contributed by atoms with Gasteiger partial charge in [0.2, 0.25) is 0 Å². The average molecular weight is 291 g/mol. The lowest BCUT2D eigenvalue weighted by molar-refractivity contribution is 0.631. The lowest BCUT2D eigenvalue weighted by atomic mass is 10.1. The Hall–Kier alpha value is -1.68. The molecule has 0 bridgehead atoms. The van der Waals surface area contributed by atoms with Crippen molar-refractivity contribution in [2.24, 2.45) is 0 Å². The summed E-state index contributed by atoms with van der Waals surface area (Å²) < 4.78 is 16.5. The predicted octanol–water partition coefficient (Wildman–Crippen LogP) is 3.90. The van der Waals surface area contributed by atoms with E-state index in [1.54, 1.807) is 18.2 Å². The van der Waals surface area contributed by atoms with Crippen LogP contribution in [0.25, 0.3) is 16.9 Å². The maximum absolute atomic E-state index is 13.6. The molecule has 17 heavy (non-hydrogen) atoms. The largest absolute Gasteiger partial charge is 0.305 e. The summed E-state index contributed by atoms with van der Waals surface area (Å²) in [6, 6.07) is 10.4. The van der Waals surface area contributed by atoms with Crippen LogP contribution in [-0.4, -0.2) is 9.38 Å². The molecule has 0 aliphatic carbocycles. The van der Waals surface area contributed by atoms with Gasteiger partial charge in [-0.2, -0.15) is 0 Å². The van der Waals surface area contributed by atoms with Crippen LogP contribution in [0.2, 0.25) is 0 Å². The first-order valence-electron chi connectivity index (χ1n) is 5.13. The molecule has 0 aliphatic rings. The molecule has 0 unspecified atom stereocenters. The van der Waals surface area contributed by atoms with Crippen LogP contribution < -0.4 is 0 Å². The summed E-state index contributed by atoms with van der Waals surface area (Å²) in [7, 11) is 0. The molecule has 0 saturated heterocycles. The molecule has 0 fully saturated rings. The molecule has 2 nitrogen and oxygen atoms in total. The Morgan fingerprint density at radius 2 is 1.88 bits per heavy atom. The van der Waals surface area contributed by atoms with E-state index in [0.29, 0.717) is 11.3 Å². The zero-order valence-electron chi connectivity index (χ0n) is 8.77. The number of imidazole rings is 1. The van der Waals surface area contributed by atoms with Gasteiger partial charge < -0.3 is 4.40 Å². The molecular weight excluding hydrogens is 283 g/mol. The summed E-state index contributed by atoms with van der Waals surface area (Å²) in [6.45, 7) is 0. The molecular formula is C13H8BrFN2. The number of nitrogens with zero attached hydrogens (tertiary/aromatic N) is 2. The third-order valence-electron chi connectivity index (χ3n) is 2.56. The highest BCUT2D eigenvalue weighted by atomic mass is 79.9. The monoisotopic (exact) mass is 290 g/mol. The Morgan fingerprint density at radius 1 is 1.06 bits per heavy atom. The lowest BCUT2D eigenvalue weighted by Crippen LogP contribution is -1.82. The predicted molar refractivity (Wildman–Crippen MR) is 68.3 cm³/mol. The Bertz CT molecular complexity index is 691. The van der Waals surface area contributed by atoms with Crippen molar-refractivity contribution in [2.45, 2.75) is 0 Å². The topological polar surface area (TPSA) is 17.3 Å². The summed E-state index contributed by atoms with van der Waals surface area (Å²) in [5.74, 6) is -0.255. The number of hydrogen-bond donors (Lipinski definition) is 0. The molecule has 3 aromatic rings. The van der Waals surface area contributed by atoms with Gasteiger partial charge >= 0.3 is 0 Å². The van der Waals surface area contributed by atoms with E-state index in [-0.39, 0.29) is 5.82 Å². The van der Waals surface area contributed by atoms with E-state index in [0.717, 1.165) is 10.1 Å². The first kappa shape index (κ1) is 10.5. The Morgan fingerprint density at radius 3 is 2.71 bits per heavy atom. The number of pyridine rings is 1. The van der Waals surface area contributed by atoms with Crippen LogP contribution in [0.15, 0.2) is 53.3 Å². The maximum Gasteiger partial charge on any atom is 0.137 e. The molecule has 0 aliphatic heterocycles. The van der Waals surface area contributed by atoms with Crippen molar-refractivity contribution in [1.29, 1.82) is 0 Å². The molecule has 0 atom stereocenters. The maximum atomic E-state index is 13.6. The summed E-state index contributed by atoms with van der Waals surface area (Å²) in [4.78, 5) is 4.39. The van der Waals surface area contributed by atoms with Crippen molar-refractivity contribution in [1.82, 2.24) is 9.38 Å². The molecule has 0 radical (unpaired) electrons. The van der Waals surface area contributed by atoms with Gasteiger partial charge in [0.1, 0.15) is 11.5 Å². The molecule has 0 amide bonds. The summed E-state index contributed by atoms with van der Waals surface area (Å²) in [5.41, 5.74) is 1.96. The van der Waals surface area contributed by atoms with Gasteiger partial charge in [0.15, 0.2) is 0 Å². The molecule has 2 aromatic heterocycles. The van der Waals surface area contributed by atoms with E-state index in [1.807, 2.05) is 28.9 Å². The highest BCUT2D eigenvalue weighted by Crippen LogP contribution is 2.22. The summed E-state index contributed by atoms with van der Waals surface area (Å²) in [5, 5.41) is 0. The fourth-order valence-electron chi connectivity index (χ4n) is 1.76. The van der Waals surface area contributed by atoms with Crippen molar-refractivity contribution in [3.05, 3.63) is 59.1 Å². The first-order chi connectivity index (χ1) is 8.24. The SMILES string of the molecule is Fc1ccccc1-c1cn2cc(Br)ccc2n1. The van der Waals surface area contributed by atoms with Crippen molar-refractivity contribution in [3.63, 3.8) is 0 Å². The Labute approximate surface area is 106 Å². The number of rotatable bonds is 1. The first-order valence-corrected chi connectivity index (χ1v) is 5.92. The third kappa shape index (κ3) is 1.85. The van der Waals surface area contributed by atoms with Gasteiger partial charge in [-0.1, -0.05) is 12.1 Å². The van der Waals surface area contributed by atoms with Gasteiger partial charge in [-0.3, -0.25) is 0 Å². The average Bonchev–Trinajstić information content (AvgIpc) is 2.72. The van der Waals surface area contributed by atoms with E-state index in [1.165, 1.54) is 6.07 Å². The standard InChI is InChI=1S/C13H8BrFN2/c14-9-5-6-13-16-12(8-17(13)7-9)10-3-1-2-4-11(10)15/h1-8H. The van der Waals surface area contributed by atoms with Gasteiger partial charge in [-0.05, 0) is 40.2 Å². The Balaban J connectivity index is 2.22. The number of hydrogen-bond acceptors (Lipinski definition) is 1. The van der Waals surface area contributed by atoms with Crippen molar-refractivity contribution in [2.75, 3.05) is 0 Å². The van der Waals surface area contributed by atoms with E-state index >= 15 is 0 Å². The quantitative estimate of drug-likeness (QED) is 0.664. The van der Waals surface area contributed by atoms with Crippen molar-refractivity contribution >= 4 is 21.6 Å².